The van der Waals surface area contributed by atoms with E-state index in [4.69, 9.17) is 11.6 Å². The van der Waals surface area contributed by atoms with Gasteiger partial charge >= 0.3 is 0 Å². The summed E-state index contributed by atoms with van der Waals surface area (Å²) in [5.41, 5.74) is 0.918. The molecule has 1 aromatic carbocycles. The minimum absolute atomic E-state index is 0.261. The highest BCUT2D eigenvalue weighted by Crippen LogP contribution is 2.19. The molecule has 14 heavy (non-hydrogen) atoms. The van der Waals surface area contributed by atoms with Crippen molar-refractivity contribution in [3.05, 3.63) is 34.6 Å². The minimum Gasteiger partial charge on any atom is -0.310 e. The van der Waals surface area contributed by atoms with Crippen LogP contribution in [0.15, 0.2) is 18.2 Å². The molecule has 0 bridgehead atoms. The van der Waals surface area contributed by atoms with Gasteiger partial charge in [-0.1, -0.05) is 18.0 Å². The van der Waals surface area contributed by atoms with E-state index in [1.165, 1.54) is 31.4 Å². The van der Waals surface area contributed by atoms with Crippen molar-refractivity contribution in [1.82, 2.24) is 5.32 Å². The van der Waals surface area contributed by atoms with Crippen LogP contribution in [-0.4, -0.2) is 6.04 Å². The molecule has 0 aromatic heterocycles. The molecule has 76 valence electrons. The maximum atomic E-state index is 12.9. The van der Waals surface area contributed by atoms with Crippen molar-refractivity contribution >= 4 is 11.6 Å². The van der Waals surface area contributed by atoms with Crippen LogP contribution in [0.4, 0.5) is 4.39 Å². The fourth-order valence-electron chi connectivity index (χ4n) is 1.59. The first-order valence-electron chi connectivity index (χ1n) is 4.92. The number of rotatable bonds is 3. The SMILES string of the molecule is Fc1cc(Cl)cc(CNC2CCC2)c1. The Morgan fingerprint density at radius 1 is 1.36 bits per heavy atom. The lowest BCUT2D eigenvalue weighted by Crippen LogP contribution is -2.34. The summed E-state index contributed by atoms with van der Waals surface area (Å²) in [6, 6.07) is 5.28. The Kier molecular flexibility index (Phi) is 3.04. The van der Waals surface area contributed by atoms with Crippen LogP contribution in [0, 0.1) is 5.82 Å². The predicted molar refractivity (Wildman–Crippen MR) is 55.9 cm³/mol. The maximum absolute atomic E-state index is 12.9. The Bertz CT molecular complexity index is 303. The topological polar surface area (TPSA) is 12.0 Å². The molecule has 2 rings (SSSR count). The average molecular weight is 214 g/mol. The molecule has 1 fully saturated rings. The zero-order chi connectivity index (χ0) is 9.97. The second kappa shape index (κ2) is 4.28. The Hall–Kier alpha value is -0.600. The Morgan fingerprint density at radius 3 is 2.71 bits per heavy atom. The van der Waals surface area contributed by atoms with Crippen LogP contribution >= 0.6 is 11.6 Å². The summed E-state index contributed by atoms with van der Waals surface area (Å²) in [5, 5.41) is 3.83. The van der Waals surface area contributed by atoms with E-state index in [1.807, 2.05) is 0 Å². The van der Waals surface area contributed by atoms with Crippen molar-refractivity contribution in [2.75, 3.05) is 0 Å². The van der Waals surface area contributed by atoms with Crippen molar-refractivity contribution in [2.24, 2.45) is 0 Å². The number of hydrogen-bond donors (Lipinski definition) is 1. The van der Waals surface area contributed by atoms with Crippen molar-refractivity contribution in [3.63, 3.8) is 0 Å². The van der Waals surface area contributed by atoms with E-state index in [9.17, 15) is 4.39 Å². The Balaban J connectivity index is 1.94. The summed E-state index contributed by atoms with van der Waals surface area (Å²) < 4.78 is 12.9. The lowest BCUT2D eigenvalue weighted by atomic mass is 9.93. The molecule has 0 amide bonds. The molecule has 1 N–H and O–H groups in total. The molecule has 3 heteroatoms. The number of hydrogen-bond acceptors (Lipinski definition) is 1. The first kappa shape index (κ1) is 9.94. The highest BCUT2D eigenvalue weighted by molar-refractivity contribution is 6.30. The van der Waals surface area contributed by atoms with Gasteiger partial charge in [0.25, 0.3) is 0 Å². The molecule has 0 spiro atoms. The third kappa shape index (κ3) is 2.46. The Labute approximate surface area is 88.3 Å². The summed E-state index contributed by atoms with van der Waals surface area (Å²) in [6.07, 6.45) is 3.79. The van der Waals surface area contributed by atoms with E-state index >= 15 is 0 Å². The van der Waals surface area contributed by atoms with Gasteiger partial charge < -0.3 is 5.32 Å². The molecule has 0 unspecified atom stereocenters. The van der Waals surface area contributed by atoms with Crippen molar-refractivity contribution in [1.29, 1.82) is 0 Å². The first-order chi connectivity index (χ1) is 6.74. The van der Waals surface area contributed by atoms with E-state index in [0.717, 1.165) is 5.56 Å². The van der Waals surface area contributed by atoms with Gasteiger partial charge in [0.15, 0.2) is 0 Å². The van der Waals surface area contributed by atoms with Crippen molar-refractivity contribution < 1.29 is 4.39 Å². The molecule has 0 heterocycles. The summed E-state index contributed by atoms with van der Waals surface area (Å²) in [7, 11) is 0. The second-order valence-electron chi connectivity index (χ2n) is 3.79. The molecule has 1 saturated carbocycles. The molecular weight excluding hydrogens is 201 g/mol. The molecule has 0 aliphatic heterocycles. The van der Waals surface area contributed by atoms with Crippen LogP contribution in [0.3, 0.4) is 0 Å². The average Bonchev–Trinajstić information content (AvgIpc) is 1.99. The summed E-state index contributed by atoms with van der Waals surface area (Å²) in [5.74, 6) is -0.261. The number of benzene rings is 1. The standard InChI is InChI=1S/C11H13ClFN/c12-9-4-8(5-10(13)6-9)7-14-11-2-1-3-11/h4-6,11,14H,1-3,7H2. The van der Waals surface area contributed by atoms with Gasteiger partial charge in [0.1, 0.15) is 5.82 Å². The molecule has 0 radical (unpaired) electrons. The lowest BCUT2D eigenvalue weighted by Gasteiger charge is -2.26. The molecule has 1 aliphatic carbocycles. The Morgan fingerprint density at radius 2 is 2.14 bits per heavy atom. The van der Waals surface area contributed by atoms with Crippen LogP contribution in [0.5, 0.6) is 0 Å². The van der Waals surface area contributed by atoms with E-state index in [0.29, 0.717) is 17.6 Å². The van der Waals surface area contributed by atoms with E-state index in [-0.39, 0.29) is 5.82 Å². The zero-order valence-electron chi connectivity index (χ0n) is 7.89. The molecule has 0 atom stereocenters. The lowest BCUT2D eigenvalue weighted by molar-refractivity contribution is 0.338. The van der Waals surface area contributed by atoms with Crippen LogP contribution in [0.2, 0.25) is 5.02 Å². The van der Waals surface area contributed by atoms with E-state index in [2.05, 4.69) is 5.32 Å². The largest absolute Gasteiger partial charge is 0.310 e. The van der Waals surface area contributed by atoms with Crippen LogP contribution < -0.4 is 5.32 Å². The molecular formula is C11H13ClFN. The van der Waals surface area contributed by atoms with Gasteiger partial charge in [0, 0.05) is 17.6 Å². The normalized spacial score (nSPS) is 16.7. The van der Waals surface area contributed by atoms with Gasteiger partial charge in [0.05, 0.1) is 0 Å². The van der Waals surface area contributed by atoms with Gasteiger partial charge in [0.2, 0.25) is 0 Å². The van der Waals surface area contributed by atoms with Crippen LogP contribution in [0.1, 0.15) is 24.8 Å². The fraction of sp³-hybridized carbons (Fsp3) is 0.455. The van der Waals surface area contributed by atoms with Crippen LogP contribution in [-0.2, 0) is 6.54 Å². The smallest absolute Gasteiger partial charge is 0.125 e. The predicted octanol–water partition coefficient (Wildman–Crippen LogP) is 3.12. The third-order valence-electron chi connectivity index (χ3n) is 2.62. The molecule has 0 saturated heterocycles. The molecule has 1 aromatic rings. The van der Waals surface area contributed by atoms with Crippen LogP contribution in [0.25, 0.3) is 0 Å². The van der Waals surface area contributed by atoms with Gasteiger partial charge in [-0.3, -0.25) is 0 Å². The number of halogens is 2. The zero-order valence-corrected chi connectivity index (χ0v) is 8.65. The molecule has 1 nitrogen and oxygen atoms in total. The minimum atomic E-state index is -0.261. The molecule has 1 aliphatic rings. The van der Waals surface area contributed by atoms with E-state index < -0.39 is 0 Å². The summed E-state index contributed by atoms with van der Waals surface area (Å²) in [4.78, 5) is 0. The quantitative estimate of drug-likeness (QED) is 0.814. The van der Waals surface area contributed by atoms with Gasteiger partial charge in [-0.05, 0) is 36.6 Å². The monoisotopic (exact) mass is 213 g/mol. The van der Waals surface area contributed by atoms with Crippen molar-refractivity contribution in [3.8, 4) is 0 Å². The second-order valence-corrected chi connectivity index (χ2v) is 4.22. The number of nitrogens with one attached hydrogen (secondary N) is 1. The summed E-state index contributed by atoms with van der Waals surface area (Å²) >= 11 is 5.75. The highest BCUT2D eigenvalue weighted by atomic mass is 35.5. The maximum Gasteiger partial charge on any atom is 0.125 e. The highest BCUT2D eigenvalue weighted by Gasteiger charge is 2.16. The van der Waals surface area contributed by atoms with Crippen molar-refractivity contribution in [2.45, 2.75) is 31.8 Å². The van der Waals surface area contributed by atoms with Gasteiger partial charge in [-0.15, -0.1) is 0 Å². The van der Waals surface area contributed by atoms with E-state index in [1.54, 1.807) is 6.07 Å². The van der Waals surface area contributed by atoms with Gasteiger partial charge in [-0.25, -0.2) is 4.39 Å². The first-order valence-corrected chi connectivity index (χ1v) is 5.30. The fourth-order valence-corrected chi connectivity index (χ4v) is 1.83. The van der Waals surface area contributed by atoms with Gasteiger partial charge in [-0.2, -0.15) is 0 Å². The third-order valence-corrected chi connectivity index (χ3v) is 2.84. The summed E-state index contributed by atoms with van der Waals surface area (Å²) in [6.45, 7) is 0.710.